The summed E-state index contributed by atoms with van der Waals surface area (Å²) in [4.78, 5) is 29.9. The van der Waals surface area contributed by atoms with Gasteiger partial charge in [-0.25, -0.2) is 4.99 Å². The zero-order valence-electron chi connectivity index (χ0n) is 14.9. The van der Waals surface area contributed by atoms with Crippen LogP contribution >= 0.6 is 0 Å². The predicted octanol–water partition coefficient (Wildman–Crippen LogP) is 2.38. The minimum absolute atomic E-state index is 0.00991. The summed E-state index contributed by atoms with van der Waals surface area (Å²) >= 11 is 0. The van der Waals surface area contributed by atoms with Crippen molar-refractivity contribution in [3.63, 3.8) is 0 Å². The second kappa shape index (κ2) is 6.60. The average Bonchev–Trinajstić information content (AvgIpc) is 3.17. The van der Waals surface area contributed by atoms with Gasteiger partial charge in [-0.15, -0.1) is 5.10 Å². The third-order valence-electron chi connectivity index (χ3n) is 4.68. The van der Waals surface area contributed by atoms with Gasteiger partial charge < -0.3 is 5.32 Å². The molecule has 1 aromatic heterocycles. The first kappa shape index (κ1) is 16.8. The summed E-state index contributed by atoms with van der Waals surface area (Å²) in [5.74, 6) is -0.602. The summed E-state index contributed by atoms with van der Waals surface area (Å²) < 4.78 is 0. The highest BCUT2D eigenvalue weighted by molar-refractivity contribution is 6.13. The summed E-state index contributed by atoms with van der Waals surface area (Å²) in [6, 6.07) is 9.32. The molecule has 2 heterocycles. The van der Waals surface area contributed by atoms with E-state index in [0.29, 0.717) is 5.71 Å². The monoisotopic (exact) mass is 359 g/mol. The van der Waals surface area contributed by atoms with E-state index in [2.05, 4.69) is 20.5 Å². The summed E-state index contributed by atoms with van der Waals surface area (Å²) in [6.07, 6.45) is 6.82. The maximum Gasteiger partial charge on any atom is 0.299 e. The van der Waals surface area contributed by atoms with Crippen molar-refractivity contribution in [3.8, 4) is 5.69 Å². The quantitative estimate of drug-likeness (QED) is 0.891. The van der Waals surface area contributed by atoms with E-state index in [1.165, 1.54) is 11.0 Å². The summed E-state index contributed by atoms with van der Waals surface area (Å²) in [6.45, 7) is 3.74. The molecule has 27 heavy (non-hydrogen) atoms. The number of allylic oxidation sites excluding steroid dienone is 3. The first-order valence-corrected chi connectivity index (χ1v) is 8.52. The number of hydrogen-bond acceptors (Lipinski definition) is 4. The largest absolute Gasteiger partial charge is 0.325 e. The molecule has 7 heteroatoms. The number of hydrogen-bond donors (Lipinski definition) is 1. The first-order valence-electron chi connectivity index (χ1n) is 8.52. The number of fused-ring (bicyclic) bond motifs is 1. The topological polar surface area (TPSA) is 89.2 Å². The number of para-hydroxylation sites is 1. The van der Waals surface area contributed by atoms with Crippen LogP contribution in [0.25, 0.3) is 5.69 Å². The van der Waals surface area contributed by atoms with E-state index < -0.39 is 5.91 Å². The normalized spacial score (nSPS) is 20.4. The Morgan fingerprint density at radius 3 is 2.78 bits per heavy atom. The molecule has 0 radical (unpaired) electrons. The second-order valence-corrected chi connectivity index (χ2v) is 6.40. The van der Waals surface area contributed by atoms with Crippen LogP contribution in [0.1, 0.15) is 24.3 Å². The van der Waals surface area contributed by atoms with Crippen molar-refractivity contribution in [2.75, 3.05) is 0 Å². The van der Waals surface area contributed by atoms with Gasteiger partial charge in [0.25, 0.3) is 11.8 Å². The zero-order chi connectivity index (χ0) is 19.0. The van der Waals surface area contributed by atoms with Crippen molar-refractivity contribution < 1.29 is 9.59 Å². The van der Waals surface area contributed by atoms with Crippen LogP contribution < -0.4 is 5.32 Å². The number of carbonyl (C=O) groups excluding carboxylic acids is 2. The summed E-state index contributed by atoms with van der Waals surface area (Å²) in [7, 11) is 0. The molecular weight excluding hydrogens is 342 g/mol. The van der Waals surface area contributed by atoms with E-state index in [4.69, 9.17) is 0 Å². The van der Waals surface area contributed by atoms with Crippen LogP contribution in [-0.4, -0.2) is 32.5 Å². The molecule has 0 saturated carbocycles. The van der Waals surface area contributed by atoms with Crippen molar-refractivity contribution in [2.45, 2.75) is 13.8 Å². The highest BCUT2D eigenvalue weighted by Gasteiger charge is 2.27. The van der Waals surface area contributed by atoms with Gasteiger partial charge in [0, 0.05) is 17.2 Å². The highest BCUT2D eigenvalue weighted by atomic mass is 16.2. The number of rotatable bonds is 2. The second-order valence-electron chi connectivity index (χ2n) is 6.40. The molecule has 2 amide bonds. The molecule has 4 rings (SSSR count). The SMILES string of the molecule is CC1=C(C)C2C=CC(=NC(=O)c3cnn(-c4ccccc4)n3)C=C2NC1=O. The van der Waals surface area contributed by atoms with Crippen molar-refractivity contribution in [3.05, 3.63) is 77.3 Å². The Balaban J connectivity index is 1.58. The van der Waals surface area contributed by atoms with E-state index >= 15 is 0 Å². The van der Waals surface area contributed by atoms with E-state index in [1.54, 1.807) is 19.1 Å². The molecule has 0 fully saturated rings. The molecule has 2 aliphatic rings. The van der Waals surface area contributed by atoms with Crippen LogP contribution in [-0.2, 0) is 4.79 Å². The van der Waals surface area contributed by atoms with Crippen LogP contribution in [0.3, 0.4) is 0 Å². The van der Waals surface area contributed by atoms with E-state index in [9.17, 15) is 9.59 Å². The summed E-state index contributed by atoms with van der Waals surface area (Å²) in [5, 5.41) is 11.2. The Morgan fingerprint density at radius 1 is 1.22 bits per heavy atom. The smallest absolute Gasteiger partial charge is 0.299 e. The number of nitrogens with zero attached hydrogens (tertiary/aromatic N) is 4. The first-order chi connectivity index (χ1) is 13.0. The maximum absolute atomic E-state index is 12.4. The van der Waals surface area contributed by atoms with Gasteiger partial charge in [0.2, 0.25) is 0 Å². The number of aromatic nitrogens is 3. The van der Waals surface area contributed by atoms with Crippen molar-refractivity contribution in [1.29, 1.82) is 0 Å². The van der Waals surface area contributed by atoms with Gasteiger partial charge in [-0.3, -0.25) is 9.59 Å². The van der Waals surface area contributed by atoms with Gasteiger partial charge in [-0.2, -0.15) is 9.90 Å². The molecule has 2 aromatic rings. The lowest BCUT2D eigenvalue weighted by Gasteiger charge is -2.28. The van der Waals surface area contributed by atoms with Crippen LogP contribution in [0.15, 0.2) is 76.6 Å². The Labute approximate surface area is 155 Å². The molecule has 1 aliphatic heterocycles. The van der Waals surface area contributed by atoms with E-state index in [-0.39, 0.29) is 17.5 Å². The van der Waals surface area contributed by atoms with Crippen LogP contribution in [0.2, 0.25) is 0 Å². The van der Waals surface area contributed by atoms with Gasteiger partial charge in [0.1, 0.15) is 0 Å². The van der Waals surface area contributed by atoms with Crippen LogP contribution in [0.4, 0.5) is 0 Å². The van der Waals surface area contributed by atoms with Crippen molar-refractivity contribution in [2.24, 2.45) is 10.9 Å². The van der Waals surface area contributed by atoms with Gasteiger partial charge in [0.15, 0.2) is 5.69 Å². The van der Waals surface area contributed by atoms with Gasteiger partial charge in [-0.1, -0.05) is 29.8 Å². The minimum Gasteiger partial charge on any atom is -0.325 e. The molecule has 0 bridgehead atoms. The molecule has 1 atom stereocenters. The fourth-order valence-corrected chi connectivity index (χ4v) is 3.02. The molecule has 0 spiro atoms. The molecule has 1 aromatic carbocycles. The fraction of sp³-hybridized carbons (Fsp3) is 0.150. The standard InChI is InChI=1S/C20H17N5O2/c1-12-13(2)19(26)23-17-10-14(8-9-16(12)17)22-20(27)18-11-21-25(24-18)15-6-4-3-5-7-15/h3-11,16H,1-2H3,(H,23,26). The Hall–Kier alpha value is -3.61. The Kier molecular flexibility index (Phi) is 4.12. The Bertz CT molecular complexity index is 1060. The maximum atomic E-state index is 12.4. The summed E-state index contributed by atoms with van der Waals surface area (Å²) in [5.41, 5.74) is 3.82. The molecule has 1 aliphatic carbocycles. The molecule has 0 saturated heterocycles. The Morgan fingerprint density at radius 2 is 2.00 bits per heavy atom. The molecule has 1 N–H and O–H groups in total. The molecular formula is C20H17N5O2. The van der Waals surface area contributed by atoms with Crippen LogP contribution in [0.5, 0.6) is 0 Å². The zero-order valence-corrected chi connectivity index (χ0v) is 14.9. The number of amides is 2. The fourth-order valence-electron chi connectivity index (χ4n) is 3.02. The number of benzene rings is 1. The predicted molar refractivity (Wildman–Crippen MR) is 100 cm³/mol. The molecule has 7 nitrogen and oxygen atoms in total. The lowest BCUT2D eigenvalue weighted by Crippen LogP contribution is -2.35. The lowest BCUT2D eigenvalue weighted by atomic mass is 9.85. The highest BCUT2D eigenvalue weighted by Crippen LogP contribution is 2.29. The van der Waals surface area contributed by atoms with Gasteiger partial charge in [0.05, 0.1) is 17.6 Å². The number of nitrogens with one attached hydrogen (secondary N) is 1. The molecule has 1 unspecified atom stereocenters. The average molecular weight is 359 g/mol. The lowest BCUT2D eigenvalue weighted by molar-refractivity contribution is -0.117. The van der Waals surface area contributed by atoms with E-state index in [1.807, 2.05) is 43.3 Å². The number of aliphatic imine (C=N–C) groups is 1. The number of carbonyl (C=O) groups is 2. The minimum atomic E-state index is -0.488. The van der Waals surface area contributed by atoms with Crippen LogP contribution in [0, 0.1) is 5.92 Å². The molecule has 134 valence electrons. The van der Waals surface area contributed by atoms with Crippen molar-refractivity contribution in [1.82, 2.24) is 20.3 Å². The van der Waals surface area contributed by atoms with E-state index in [0.717, 1.165) is 22.5 Å². The third-order valence-corrected chi connectivity index (χ3v) is 4.68. The van der Waals surface area contributed by atoms with Crippen molar-refractivity contribution >= 4 is 17.5 Å². The van der Waals surface area contributed by atoms with Gasteiger partial charge >= 0.3 is 0 Å². The van der Waals surface area contributed by atoms with Gasteiger partial charge in [-0.05, 0) is 38.1 Å². The third kappa shape index (κ3) is 3.15.